The third-order valence-electron chi connectivity index (χ3n) is 2.18. The summed E-state index contributed by atoms with van der Waals surface area (Å²) < 4.78 is 5.57. The van der Waals surface area contributed by atoms with Gasteiger partial charge in [0.2, 0.25) is 0 Å². The van der Waals surface area contributed by atoms with Crippen molar-refractivity contribution in [2.75, 3.05) is 11.5 Å². The van der Waals surface area contributed by atoms with E-state index in [1.165, 1.54) is 0 Å². The van der Waals surface area contributed by atoms with Gasteiger partial charge in [-0.05, 0) is 30.3 Å². The molecule has 0 aliphatic carbocycles. The lowest BCUT2D eigenvalue weighted by Gasteiger charge is -2.09. The molecule has 2 rings (SSSR count). The maximum Gasteiger partial charge on any atom is 0.146 e. The lowest BCUT2D eigenvalue weighted by molar-refractivity contribution is 0.483. The van der Waals surface area contributed by atoms with Gasteiger partial charge in [0, 0.05) is 11.1 Å². The summed E-state index contributed by atoms with van der Waals surface area (Å²) in [6.07, 6.45) is 0. The van der Waals surface area contributed by atoms with Crippen LogP contribution in [0.5, 0.6) is 11.5 Å². The highest BCUT2D eigenvalue weighted by atomic mass is 35.5. The summed E-state index contributed by atoms with van der Waals surface area (Å²) in [7, 11) is 0. The monoisotopic (exact) mass is 268 g/mol. The van der Waals surface area contributed by atoms with Crippen LogP contribution in [-0.2, 0) is 0 Å². The summed E-state index contributed by atoms with van der Waals surface area (Å²) in [5.74, 6) is 1.08. The highest BCUT2D eigenvalue weighted by Gasteiger charge is 2.05. The summed E-state index contributed by atoms with van der Waals surface area (Å²) >= 11 is 11.8. The van der Waals surface area contributed by atoms with E-state index in [2.05, 4.69) is 0 Å². The molecule has 17 heavy (non-hydrogen) atoms. The number of rotatable bonds is 2. The third kappa shape index (κ3) is 2.75. The SMILES string of the molecule is Nc1ccc(Oc2ccc(Cl)cc2Cl)cc1N. The van der Waals surface area contributed by atoms with Gasteiger partial charge in [-0.15, -0.1) is 0 Å². The number of ether oxygens (including phenoxy) is 1. The van der Waals surface area contributed by atoms with Crippen LogP contribution >= 0.6 is 23.2 Å². The molecule has 2 aromatic carbocycles. The van der Waals surface area contributed by atoms with Crippen LogP contribution in [0.15, 0.2) is 36.4 Å². The summed E-state index contributed by atoms with van der Waals surface area (Å²) in [5, 5.41) is 0.993. The van der Waals surface area contributed by atoms with Crippen molar-refractivity contribution in [2.24, 2.45) is 0 Å². The summed E-state index contributed by atoms with van der Waals surface area (Å²) in [4.78, 5) is 0. The lowest BCUT2D eigenvalue weighted by Crippen LogP contribution is -1.94. The van der Waals surface area contributed by atoms with Crippen LogP contribution in [0.3, 0.4) is 0 Å². The molecule has 0 unspecified atom stereocenters. The summed E-state index contributed by atoms with van der Waals surface area (Å²) in [6, 6.07) is 10.0. The van der Waals surface area contributed by atoms with Crippen molar-refractivity contribution in [3.05, 3.63) is 46.4 Å². The van der Waals surface area contributed by atoms with Crippen LogP contribution in [0.1, 0.15) is 0 Å². The highest BCUT2D eigenvalue weighted by Crippen LogP contribution is 2.32. The Kier molecular flexibility index (Phi) is 3.31. The van der Waals surface area contributed by atoms with Crippen LogP contribution in [0.2, 0.25) is 10.0 Å². The molecule has 0 atom stereocenters. The van der Waals surface area contributed by atoms with E-state index in [4.69, 9.17) is 39.4 Å². The van der Waals surface area contributed by atoms with Gasteiger partial charge in [-0.25, -0.2) is 0 Å². The van der Waals surface area contributed by atoms with Gasteiger partial charge in [-0.3, -0.25) is 0 Å². The van der Waals surface area contributed by atoms with Crippen molar-refractivity contribution < 1.29 is 4.74 Å². The minimum Gasteiger partial charge on any atom is -0.456 e. The second-order valence-electron chi connectivity index (χ2n) is 3.47. The zero-order valence-electron chi connectivity index (χ0n) is 8.78. The number of nitrogen functional groups attached to an aromatic ring is 2. The minimum atomic E-state index is 0.438. The van der Waals surface area contributed by atoms with Crippen molar-refractivity contribution in [1.29, 1.82) is 0 Å². The number of anilines is 2. The predicted octanol–water partition coefficient (Wildman–Crippen LogP) is 3.95. The molecule has 2 aromatic rings. The first kappa shape index (κ1) is 11.9. The quantitative estimate of drug-likeness (QED) is 0.811. The molecular weight excluding hydrogens is 259 g/mol. The van der Waals surface area contributed by atoms with Gasteiger partial charge in [0.15, 0.2) is 0 Å². The maximum atomic E-state index is 5.99. The molecule has 0 aliphatic rings. The van der Waals surface area contributed by atoms with Crippen molar-refractivity contribution in [3.63, 3.8) is 0 Å². The molecule has 0 fully saturated rings. The second-order valence-corrected chi connectivity index (χ2v) is 4.31. The molecule has 3 nitrogen and oxygen atoms in total. The third-order valence-corrected chi connectivity index (χ3v) is 2.71. The number of nitrogens with two attached hydrogens (primary N) is 2. The average Bonchev–Trinajstić information content (AvgIpc) is 2.27. The smallest absolute Gasteiger partial charge is 0.146 e. The Morgan fingerprint density at radius 1 is 0.882 bits per heavy atom. The highest BCUT2D eigenvalue weighted by molar-refractivity contribution is 6.35. The molecule has 5 heteroatoms. The van der Waals surface area contributed by atoms with Crippen LogP contribution in [-0.4, -0.2) is 0 Å². The van der Waals surface area contributed by atoms with E-state index in [1.54, 1.807) is 36.4 Å². The minimum absolute atomic E-state index is 0.438. The normalized spacial score (nSPS) is 10.2. The lowest BCUT2D eigenvalue weighted by atomic mass is 10.2. The van der Waals surface area contributed by atoms with Crippen LogP contribution in [0.25, 0.3) is 0 Å². The van der Waals surface area contributed by atoms with Gasteiger partial charge in [0.05, 0.1) is 16.4 Å². The first-order valence-corrected chi connectivity index (χ1v) is 5.60. The van der Waals surface area contributed by atoms with E-state index in [0.29, 0.717) is 32.9 Å². The van der Waals surface area contributed by atoms with Gasteiger partial charge >= 0.3 is 0 Å². The Morgan fingerprint density at radius 2 is 1.65 bits per heavy atom. The number of halogens is 2. The van der Waals surface area contributed by atoms with E-state index in [1.807, 2.05) is 0 Å². The Hall–Kier alpha value is -1.58. The molecule has 0 aliphatic heterocycles. The van der Waals surface area contributed by atoms with Crippen molar-refractivity contribution in [1.82, 2.24) is 0 Å². The Bertz CT molecular complexity index is 558. The molecule has 88 valence electrons. The maximum absolute atomic E-state index is 5.99. The van der Waals surface area contributed by atoms with E-state index >= 15 is 0 Å². The van der Waals surface area contributed by atoms with Crippen LogP contribution in [0.4, 0.5) is 11.4 Å². The molecule has 0 aromatic heterocycles. The first-order valence-electron chi connectivity index (χ1n) is 4.84. The van der Waals surface area contributed by atoms with Crippen LogP contribution < -0.4 is 16.2 Å². The molecule has 0 heterocycles. The van der Waals surface area contributed by atoms with Gasteiger partial charge in [0.1, 0.15) is 11.5 Å². The molecule has 4 N–H and O–H groups in total. The van der Waals surface area contributed by atoms with Crippen LogP contribution in [0, 0.1) is 0 Å². The Balaban J connectivity index is 2.28. The van der Waals surface area contributed by atoms with E-state index in [-0.39, 0.29) is 0 Å². The molecular formula is C12H10Cl2N2O. The fourth-order valence-electron chi connectivity index (χ4n) is 1.30. The molecule has 0 saturated carbocycles. The first-order chi connectivity index (χ1) is 8.06. The fraction of sp³-hybridized carbons (Fsp3) is 0. The Morgan fingerprint density at radius 3 is 2.29 bits per heavy atom. The van der Waals surface area contributed by atoms with Gasteiger partial charge in [-0.1, -0.05) is 23.2 Å². The molecule has 0 amide bonds. The molecule has 0 spiro atoms. The molecule has 0 saturated heterocycles. The van der Waals surface area contributed by atoms with Crippen molar-refractivity contribution >= 4 is 34.6 Å². The largest absolute Gasteiger partial charge is 0.456 e. The standard InChI is InChI=1S/C12H10Cl2N2O/c13-7-1-4-12(9(14)5-7)17-8-2-3-10(15)11(16)6-8/h1-6H,15-16H2. The molecule has 0 bridgehead atoms. The predicted molar refractivity (Wildman–Crippen MR) is 71.8 cm³/mol. The van der Waals surface area contributed by atoms with E-state index in [9.17, 15) is 0 Å². The number of hydrogen-bond acceptors (Lipinski definition) is 3. The topological polar surface area (TPSA) is 61.3 Å². The fourth-order valence-corrected chi connectivity index (χ4v) is 1.75. The van der Waals surface area contributed by atoms with Crippen molar-refractivity contribution in [3.8, 4) is 11.5 Å². The molecule has 0 radical (unpaired) electrons. The average molecular weight is 269 g/mol. The zero-order valence-corrected chi connectivity index (χ0v) is 10.3. The summed E-state index contributed by atoms with van der Waals surface area (Å²) in [5.41, 5.74) is 12.3. The van der Waals surface area contributed by atoms with Crippen molar-refractivity contribution in [2.45, 2.75) is 0 Å². The van der Waals surface area contributed by atoms with E-state index < -0.39 is 0 Å². The van der Waals surface area contributed by atoms with Gasteiger partial charge in [-0.2, -0.15) is 0 Å². The van der Waals surface area contributed by atoms with Gasteiger partial charge < -0.3 is 16.2 Å². The second kappa shape index (κ2) is 4.73. The van der Waals surface area contributed by atoms with E-state index in [0.717, 1.165) is 0 Å². The Labute approximate surface area is 109 Å². The number of hydrogen-bond donors (Lipinski definition) is 2. The number of benzene rings is 2. The summed E-state index contributed by atoms with van der Waals surface area (Å²) in [6.45, 7) is 0. The van der Waals surface area contributed by atoms with Gasteiger partial charge in [0.25, 0.3) is 0 Å². The zero-order chi connectivity index (χ0) is 12.4.